The van der Waals surface area contributed by atoms with E-state index in [2.05, 4.69) is 17.3 Å². The number of benzene rings is 2. The maximum absolute atomic E-state index is 12.4. The SMILES string of the molecule is CN1CCCc2cc(NC(=O)CN3C(=O)c4ccccc4C3=O)ccc21. The van der Waals surface area contributed by atoms with Crippen molar-refractivity contribution in [2.45, 2.75) is 12.8 Å². The molecule has 0 spiro atoms. The van der Waals surface area contributed by atoms with Gasteiger partial charge in [-0.1, -0.05) is 12.1 Å². The lowest BCUT2D eigenvalue weighted by Crippen LogP contribution is -2.37. The predicted molar refractivity (Wildman–Crippen MR) is 98.5 cm³/mol. The second kappa shape index (κ2) is 6.29. The molecule has 0 saturated carbocycles. The van der Waals surface area contributed by atoms with Crippen LogP contribution in [0.5, 0.6) is 0 Å². The van der Waals surface area contributed by atoms with Crippen LogP contribution in [0.15, 0.2) is 42.5 Å². The third kappa shape index (κ3) is 2.73. The van der Waals surface area contributed by atoms with Crippen molar-refractivity contribution in [3.05, 3.63) is 59.2 Å². The van der Waals surface area contributed by atoms with E-state index in [1.165, 1.54) is 11.3 Å². The second-order valence-corrected chi connectivity index (χ2v) is 6.66. The third-order valence-corrected chi connectivity index (χ3v) is 4.89. The van der Waals surface area contributed by atoms with Crippen molar-refractivity contribution in [2.75, 3.05) is 30.4 Å². The van der Waals surface area contributed by atoms with E-state index in [1.807, 2.05) is 18.2 Å². The number of amides is 3. The van der Waals surface area contributed by atoms with Crippen molar-refractivity contribution in [1.82, 2.24) is 4.90 Å². The summed E-state index contributed by atoms with van der Waals surface area (Å²) in [5.41, 5.74) is 3.75. The molecule has 0 aliphatic carbocycles. The van der Waals surface area contributed by atoms with E-state index >= 15 is 0 Å². The number of carbonyl (C=O) groups excluding carboxylic acids is 3. The number of imide groups is 1. The molecule has 2 aliphatic rings. The molecular weight excluding hydrogens is 330 g/mol. The monoisotopic (exact) mass is 349 g/mol. The lowest BCUT2D eigenvalue weighted by molar-refractivity contribution is -0.116. The Morgan fingerprint density at radius 1 is 1.08 bits per heavy atom. The highest BCUT2D eigenvalue weighted by Gasteiger charge is 2.36. The van der Waals surface area contributed by atoms with Gasteiger partial charge in [0, 0.05) is 25.0 Å². The highest BCUT2D eigenvalue weighted by atomic mass is 16.2. The quantitative estimate of drug-likeness (QED) is 0.864. The van der Waals surface area contributed by atoms with Crippen LogP contribution in [-0.2, 0) is 11.2 Å². The van der Waals surface area contributed by atoms with Crippen LogP contribution in [0.2, 0.25) is 0 Å². The molecule has 0 saturated heterocycles. The van der Waals surface area contributed by atoms with E-state index < -0.39 is 11.8 Å². The smallest absolute Gasteiger partial charge is 0.262 e. The summed E-state index contributed by atoms with van der Waals surface area (Å²) in [6.45, 7) is 0.738. The molecular formula is C20H19N3O3. The third-order valence-electron chi connectivity index (χ3n) is 4.89. The van der Waals surface area contributed by atoms with Gasteiger partial charge in [-0.15, -0.1) is 0 Å². The van der Waals surface area contributed by atoms with Gasteiger partial charge in [-0.2, -0.15) is 0 Å². The minimum Gasteiger partial charge on any atom is -0.374 e. The fraction of sp³-hybridized carbons (Fsp3) is 0.250. The molecule has 132 valence electrons. The second-order valence-electron chi connectivity index (χ2n) is 6.66. The average molecular weight is 349 g/mol. The molecule has 4 rings (SSSR count). The Morgan fingerprint density at radius 3 is 2.46 bits per heavy atom. The number of anilines is 2. The van der Waals surface area contributed by atoms with Gasteiger partial charge in [-0.25, -0.2) is 0 Å². The molecule has 6 nitrogen and oxygen atoms in total. The van der Waals surface area contributed by atoms with E-state index in [-0.39, 0.29) is 12.5 Å². The molecule has 1 N–H and O–H groups in total. The molecule has 2 aromatic carbocycles. The van der Waals surface area contributed by atoms with Gasteiger partial charge in [-0.3, -0.25) is 19.3 Å². The Hall–Kier alpha value is -3.15. The van der Waals surface area contributed by atoms with E-state index in [4.69, 9.17) is 0 Å². The normalized spacial score (nSPS) is 15.7. The van der Waals surface area contributed by atoms with Crippen LogP contribution in [0.4, 0.5) is 11.4 Å². The zero-order chi connectivity index (χ0) is 18.3. The van der Waals surface area contributed by atoms with Gasteiger partial charge in [0.05, 0.1) is 11.1 Å². The summed E-state index contributed by atoms with van der Waals surface area (Å²) in [5.74, 6) is -1.23. The number of carbonyl (C=O) groups is 3. The molecule has 0 fully saturated rings. The zero-order valence-electron chi connectivity index (χ0n) is 14.5. The summed E-state index contributed by atoms with van der Waals surface area (Å²) < 4.78 is 0. The van der Waals surface area contributed by atoms with Gasteiger partial charge in [0.2, 0.25) is 5.91 Å². The van der Waals surface area contributed by atoms with E-state index in [9.17, 15) is 14.4 Å². The Balaban J connectivity index is 1.47. The largest absolute Gasteiger partial charge is 0.374 e. The lowest BCUT2D eigenvalue weighted by Gasteiger charge is -2.27. The van der Waals surface area contributed by atoms with Crippen molar-refractivity contribution in [1.29, 1.82) is 0 Å². The molecule has 3 amide bonds. The average Bonchev–Trinajstić information content (AvgIpc) is 2.87. The van der Waals surface area contributed by atoms with E-state index in [1.54, 1.807) is 24.3 Å². The van der Waals surface area contributed by atoms with Crippen molar-refractivity contribution >= 4 is 29.1 Å². The van der Waals surface area contributed by atoms with Gasteiger partial charge in [0.1, 0.15) is 6.54 Å². The molecule has 2 heterocycles. The lowest BCUT2D eigenvalue weighted by atomic mass is 10.0. The fourth-order valence-electron chi connectivity index (χ4n) is 3.59. The minimum atomic E-state index is -0.423. The zero-order valence-corrected chi connectivity index (χ0v) is 14.5. The number of aryl methyl sites for hydroxylation is 1. The summed E-state index contributed by atoms with van der Waals surface area (Å²) in [7, 11) is 2.05. The van der Waals surface area contributed by atoms with Gasteiger partial charge >= 0.3 is 0 Å². The molecule has 26 heavy (non-hydrogen) atoms. The Labute approximate surface area is 151 Å². The van der Waals surface area contributed by atoms with Gasteiger partial charge < -0.3 is 10.2 Å². The first kappa shape index (κ1) is 16.3. The fourth-order valence-corrected chi connectivity index (χ4v) is 3.59. The Kier molecular flexibility index (Phi) is 3.95. The summed E-state index contributed by atoms with van der Waals surface area (Å²) in [6, 6.07) is 12.4. The highest BCUT2D eigenvalue weighted by molar-refractivity contribution is 6.22. The number of hydrogen-bond donors (Lipinski definition) is 1. The molecule has 2 aliphatic heterocycles. The van der Waals surface area contributed by atoms with Crippen LogP contribution in [0.1, 0.15) is 32.7 Å². The van der Waals surface area contributed by atoms with Crippen LogP contribution >= 0.6 is 0 Å². The maximum atomic E-state index is 12.4. The van der Waals surface area contributed by atoms with Crippen LogP contribution in [0.3, 0.4) is 0 Å². The summed E-state index contributed by atoms with van der Waals surface area (Å²) >= 11 is 0. The molecule has 0 bridgehead atoms. The summed E-state index contributed by atoms with van der Waals surface area (Å²) in [5, 5.41) is 2.80. The number of rotatable bonds is 3. The van der Waals surface area contributed by atoms with Gasteiger partial charge in [0.15, 0.2) is 0 Å². The predicted octanol–water partition coefficient (Wildman–Crippen LogP) is 2.30. The number of nitrogens with zero attached hydrogens (tertiary/aromatic N) is 2. The van der Waals surface area contributed by atoms with Crippen LogP contribution in [0.25, 0.3) is 0 Å². The minimum absolute atomic E-state index is 0.288. The molecule has 0 unspecified atom stereocenters. The standard InChI is InChI=1S/C20H19N3O3/c1-22-10-4-5-13-11-14(8-9-17(13)22)21-18(24)12-23-19(25)15-6-2-3-7-16(15)20(23)26/h2-3,6-9,11H,4-5,10,12H2,1H3,(H,21,24). The molecule has 2 aromatic rings. The summed E-state index contributed by atoms with van der Waals surface area (Å²) in [4.78, 5) is 40.2. The van der Waals surface area contributed by atoms with Gasteiger partial charge in [0.25, 0.3) is 11.8 Å². The van der Waals surface area contributed by atoms with Crippen LogP contribution in [-0.4, -0.2) is 42.8 Å². The van der Waals surface area contributed by atoms with Crippen LogP contribution in [0, 0.1) is 0 Å². The first-order chi connectivity index (χ1) is 12.5. The molecule has 0 atom stereocenters. The Morgan fingerprint density at radius 2 is 1.77 bits per heavy atom. The first-order valence-corrected chi connectivity index (χ1v) is 8.64. The topological polar surface area (TPSA) is 69.7 Å². The van der Waals surface area contributed by atoms with Crippen molar-refractivity contribution in [3.63, 3.8) is 0 Å². The summed E-state index contributed by atoms with van der Waals surface area (Å²) in [6.07, 6.45) is 2.05. The Bertz CT molecular complexity index is 887. The number of fused-ring (bicyclic) bond motifs is 2. The molecule has 0 radical (unpaired) electrons. The van der Waals surface area contributed by atoms with Crippen LogP contribution < -0.4 is 10.2 Å². The van der Waals surface area contributed by atoms with E-state index in [0.717, 1.165) is 24.3 Å². The van der Waals surface area contributed by atoms with E-state index in [0.29, 0.717) is 16.8 Å². The van der Waals surface area contributed by atoms with Crippen molar-refractivity contribution < 1.29 is 14.4 Å². The number of hydrogen-bond acceptors (Lipinski definition) is 4. The highest BCUT2D eigenvalue weighted by Crippen LogP contribution is 2.28. The number of nitrogens with one attached hydrogen (secondary N) is 1. The molecule has 6 heteroatoms. The maximum Gasteiger partial charge on any atom is 0.262 e. The van der Waals surface area contributed by atoms with Crippen molar-refractivity contribution in [2.24, 2.45) is 0 Å². The molecule has 0 aromatic heterocycles. The first-order valence-electron chi connectivity index (χ1n) is 8.64. The van der Waals surface area contributed by atoms with Crippen molar-refractivity contribution in [3.8, 4) is 0 Å². The van der Waals surface area contributed by atoms with Gasteiger partial charge in [-0.05, 0) is 48.7 Å².